The Bertz CT molecular complexity index is 1460. The Morgan fingerprint density at radius 3 is 2.44 bits per heavy atom. The lowest BCUT2D eigenvalue weighted by molar-refractivity contribution is -0.699. The fraction of sp³-hybridized carbons (Fsp3) is 0.936. The molecule has 5 aliphatic carbocycles. The Morgan fingerprint density at radius 1 is 0.945 bits per heavy atom. The average molecular weight is 768 g/mol. The summed E-state index contributed by atoms with van der Waals surface area (Å²) in [5, 5.41) is 39.1. The number of hydrogen-bond acceptors (Lipinski definition) is 7. The van der Waals surface area contributed by atoms with Gasteiger partial charge in [0, 0.05) is 24.4 Å². The maximum absolute atomic E-state index is 14.2. The first-order valence-electron chi connectivity index (χ1n) is 23.2. The van der Waals surface area contributed by atoms with Crippen LogP contribution in [0.4, 0.5) is 0 Å². The lowest BCUT2D eigenvalue weighted by atomic mass is 9.42. The highest BCUT2D eigenvalue weighted by atomic mass is 16.6. The van der Waals surface area contributed by atoms with E-state index >= 15 is 0 Å². The van der Waals surface area contributed by atoms with Gasteiger partial charge in [0.1, 0.15) is 24.0 Å². The number of aliphatic hydroxyl groups is 3. The van der Waals surface area contributed by atoms with Crippen molar-refractivity contribution in [1.82, 2.24) is 0 Å². The quantitative estimate of drug-likeness (QED) is 0.158. The van der Waals surface area contributed by atoms with Gasteiger partial charge in [0.05, 0.1) is 23.9 Å². The molecule has 0 aromatic carbocycles. The number of ether oxygens (including phenoxy) is 2. The smallest absolute Gasteiger partial charge is 0.159 e. The van der Waals surface area contributed by atoms with Crippen molar-refractivity contribution >= 4 is 5.78 Å². The number of rotatable bonds is 10. The number of carbonyl (C=O) groups excluding carboxylic acids is 1. The molecule has 2 unspecified atom stereocenters. The summed E-state index contributed by atoms with van der Waals surface area (Å²) in [6.45, 7) is 15.2. The topological polar surface area (TPSA) is 142 Å². The van der Waals surface area contributed by atoms with E-state index in [9.17, 15) is 20.1 Å². The molecule has 3 heterocycles. The minimum atomic E-state index is -1.11. The van der Waals surface area contributed by atoms with E-state index in [-0.39, 0.29) is 52.7 Å². The highest BCUT2D eigenvalue weighted by molar-refractivity contribution is 5.95. The molecule has 0 amide bonds. The van der Waals surface area contributed by atoms with Crippen LogP contribution in [0.2, 0.25) is 0 Å². The second-order valence-electron chi connectivity index (χ2n) is 22.4. The number of carbonyl (C=O) groups is 1. The zero-order valence-electron chi connectivity index (χ0n) is 35.5. The van der Waals surface area contributed by atoms with Crippen molar-refractivity contribution in [2.75, 3.05) is 13.2 Å². The first-order chi connectivity index (χ1) is 25.9. The molecule has 55 heavy (non-hydrogen) atoms. The van der Waals surface area contributed by atoms with E-state index in [0.29, 0.717) is 37.2 Å². The van der Waals surface area contributed by atoms with Crippen molar-refractivity contribution in [3.8, 4) is 0 Å². The molecular weight excluding hydrogens is 689 g/mol. The average Bonchev–Trinajstić information content (AvgIpc) is 3.91. The number of ketones is 1. The molecular formula is C47H79N2O6+. The second kappa shape index (κ2) is 14.7. The van der Waals surface area contributed by atoms with Crippen molar-refractivity contribution in [1.29, 1.82) is 0 Å². The van der Waals surface area contributed by atoms with Gasteiger partial charge in [-0.2, -0.15) is 0 Å². The van der Waals surface area contributed by atoms with Crippen LogP contribution in [0, 0.1) is 57.7 Å². The van der Waals surface area contributed by atoms with Crippen LogP contribution in [-0.4, -0.2) is 75.5 Å². The number of piperidine rings is 1. The Hall–Kier alpha value is -0.870. The molecule has 8 heteroatoms. The summed E-state index contributed by atoms with van der Waals surface area (Å²) in [5.74, 6) is 2.29. The van der Waals surface area contributed by atoms with E-state index in [1.54, 1.807) is 0 Å². The number of hydrogen-bond donors (Lipinski definition) is 5. The van der Waals surface area contributed by atoms with Gasteiger partial charge >= 0.3 is 0 Å². The van der Waals surface area contributed by atoms with Crippen LogP contribution in [0.3, 0.4) is 0 Å². The molecule has 0 bridgehead atoms. The summed E-state index contributed by atoms with van der Waals surface area (Å²) in [7, 11) is 0. The van der Waals surface area contributed by atoms with Gasteiger partial charge in [-0.15, -0.1) is 0 Å². The van der Waals surface area contributed by atoms with Crippen molar-refractivity contribution in [2.45, 2.75) is 205 Å². The van der Waals surface area contributed by atoms with Crippen molar-refractivity contribution in [2.24, 2.45) is 63.4 Å². The molecule has 0 radical (unpaired) electrons. The predicted molar refractivity (Wildman–Crippen MR) is 215 cm³/mol. The van der Waals surface area contributed by atoms with Gasteiger partial charge in [-0.1, -0.05) is 73.1 Å². The lowest BCUT2D eigenvalue weighted by Crippen LogP contribution is -2.94. The highest BCUT2D eigenvalue weighted by Gasteiger charge is 2.76. The molecule has 312 valence electrons. The Labute approximate surface area is 332 Å². The number of aliphatic hydroxyl groups excluding tert-OH is 1. The third-order valence-corrected chi connectivity index (χ3v) is 18.8. The van der Waals surface area contributed by atoms with Crippen LogP contribution in [0.15, 0.2) is 11.6 Å². The fourth-order valence-corrected chi connectivity index (χ4v) is 15.0. The molecule has 4 saturated carbocycles. The van der Waals surface area contributed by atoms with Gasteiger partial charge < -0.3 is 30.1 Å². The minimum absolute atomic E-state index is 0.0366. The van der Waals surface area contributed by atoms with Gasteiger partial charge in [-0.3, -0.25) is 10.5 Å². The molecule has 8 rings (SSSR count). The summed E-state index contributed by atoms with van der Waals surface area (Å²) in [6.07, 6.45) is 20.7. The van der Waals surface area contributed by atoms with Gasteiger partial charge in [0.15, 0.2) is 5.78 Å². The Balaban J connectivity index is 1.12. The van der Waals surface area contributed by atoms with Gasteiger partial charge in [-0.05, 0) is 142 Å². The lowest BCUT2D eigenvalue weighted by Gasteiger charge is -2.63. The van der Waals surface area contributed by atoms with Crippen LogP contribution in [0.5, 0.6) is 0 Å². The van der Waals surface area contributed by atoms with Crippen LogP contribution < -0.4 is 11.1 Å². The first-order valence-corrected chi connectivity index (χ1v) is 23.2. The largest absolute Gasteiger partial charge is 0.393 e. The standard InChI is InChI=1S/C47H78N2O6/c1-29-18-23-54-46(27-29,41-40(55-41)45(6,52)42(2,3)19-14-31-17-22-49-38(48)24-31)37-16-21-47(53)35-26-36(51)34-25-33(50)15-20-43(34,4)39(35)32(28-44(37,47)5)13-12-30-10-8-7-9-11-30/h26,29-34,37-41,49-50,52-53H,7-25,27-28,48H2,1-6H3/p+1/t29-,31?,32-,33-,34+,37+,38?,39+,40-,41+,43-,44+,45-,46+,47-/m0/s1. The van der Waals surface area contributed by atoms with Crippen molar-refractivity contribution < 1.29 is 34.9 Å². The molecule has 15 atom stereocenters. The number of quaternary nitrogens is 1. The SMILES string of the molecule is C[C@H]1CCO[C@@]([C@@H]2O[C@@H]2[C@](C)(O)C(C)(C)CCC2CC[NH2+]C(N)C2)([C@@H]2CC[C@]3(O)C4=CC(=O)[C@H]5C[C@@H](O)CC[C@]5(C)[C@@H]4[C@@H](CCC4CCCCC4)C[C@]23C)C1. The maximum atomic E-state index is 14.2. The Morgan fingerprint density at radius 2 is 1.71 bits per heavy atom. The van der Waals surface area contributed by atoms with Crippen LogP contribution >= 0.6 is 0 Å². The summed E-state index contributed by atoms with van der Waals surface area (Å²) in [4.78, 5) is 14.2. The number of allylic oxidation sites excluding steroid dienone is 1. The van der Waals surface area contributed by atoms with E-state index < -0.39 is 28.3 Å². The van der Waals surface area contributed by atoms with Gasteiger partial charge in [0.2, 0.25) is 0 Å². The highest BCUT2D eigenvalue weighted by Crippen LogP contribution is 2.72. The van der Waals surface area contributed by atoms with E-state index in [1.807, 2.05) is 13.0 Å². The van der Waals surface area contributed by atoms with Crippen molar-refractivity contribution in [3.63, 3.8) is 0 Å². The zero-order chi connectivity index (χ0) is 39.2. The third-order valence-electron chi connectivity index (χ3n) is 18.8. The third kappa shape index (κ3) is 6.78. The molecule has 3 aliphatic heterocycles. The van der Waals surface area contributed by atoms with E-state index in [2.05, 4.69) is 39.9 Å². The van der Waals surface area contributed by atoms with E-state index in [0.717, 1.165) is 82.2 Å². The Kier molecular flexibility index (Phi) is 10.9. The maximum Gasteiger partial charge on any atom is 0.159 e. The summed E-state index contributed by atoms with van der Waals surface area (Å²) in [6, 6.07) is 0. The molecule has 0 aromatic heterocycles. The molecule has 8 aliphatic rings. The van der Waals surface area contributed by atoms with Crippen LogP contribution in [0.1, 0.15) is 164 Å². The fourth-order valence-electron chi connectivity index (χ4n) is 15.0. The monoisotopic (exact) mass is 768 g/mol. The number of epoxide rings is 1. The normalized spacial score (nSPS) is 49.0. The van der Waals surface area contributed by atoms with Crippen molar-refractivity contribution in [3.05, 3.63) is 11.6 Å². The zero-order valence-corrected chi connectivity index (χ0v) is 35.5. The van der Waals surface area contributed by atoms with E-state index in [1.165, 1.54) is 44.9 Å². The summed E-state index contributed by atoms with van der Waals surface area (Å²) < 4.78 is 14.0. The molecule has 0 spiro atoms. The first kappa shape index (κ1) is 40.9. The number of nitrogens with two attached hydrogens (primary N) is 2. The van der Waals surface area contributed by atoms with Gasteiger partial charge in [0.25, 0.3) is 0 Å². The second-order valence-corrected chi connectivity index (χ2v) is 22.4. The van der Waals surface area contributed by atoms with Crippen LogP contribution in [0.25, 0.3) is 0 Å². The summed E-state index contributed by atoms with van der Waals surface area (Å²) in [5.41, 5.74) is 3.43. The number of fused-ring (bicyclic) bond motifs is 5. The molecule has 0 aromatic rings. The summed E-state index contributed by atoms with van der Waals surface area (Å²) >= 11 is 0. The molecule has 7 fully saturated rings. The molecule has 3 saturated heterocycles. The predicted octanol–water partition coefficient (Wildman–Crippen LogP) is 6.58. The molecule has 8 nitrogen and oxygen atoms in total. The molecule has 7 N–H and O–H groups in total. The van der Waals surface area contributed by atoms with Crippen LogP contribution in [-0.2, 0) is 14.3 Å². The van der Waals surface area contributed by atoms with E-state index in [4.69, 9.17) is 15.2 Å². The van der Waals surface area contributed by atoms with Gasteiger partial charge in [-0.25, -0.2) is 0 Å². The minimum Gasteiger partial charge on any atom is -0.393 e.